The largest absolute Gasteiger partial charge is 0.310 e. The maximum Gasteiger partial charge on any atom is 0.151 e. The van der Waals surface area contributed by atoms with Crippen molar-refractivity contribution < 1.29 is 8.42 Å². The van der Waals surface area contributed by atoms with E-state index in [1.54, 1.807) is 0 Å². The molecule has 0 radical (unpaired) electrons. The third kappa shape index (κ3) is 5.11. The first-order valence-electron chi connectivity index (χ1n) is 7.83. The molecule has 1 aromatic carbocycles. The zero-order valence-electron chi connectivity index (χ0n) is 13.3. The fraction of sp³-hybridized carbons (Fsp3) is 0.647. The molecule has 1 N–H and O–H groups in total. The van der Waals surface area contributed by atoms with Crippen molar-refractivity contribution in [3.63, 3.8) is 0 Å². The minimum absolute atomic E-state index is 0.127. The summed E-state index contributed by atoms with van der Waals surface area (Å²) in [6, 6.07) is 8.39. The molecule has 0 heterocycles. The molecule has 1 fully saturated rings. The minimum atomic E-state index is -2.99. The second-order valence-electron chi connectivity index (χ2n) is 6.72. The maximum atomic E-state index is 11.5. The molecule has 1 aliphatic carbocycles. The maximum absolute atomic E-state index is 11.5. The number of rotatable bonds is 5. The van der Waals surface area contributed by atoms with Crippen molar-refractivity contribution in [2.45, 2.75) is 51.4 Å². The van der Waals surface area contributed by atoms with Crippen LogP contribution in [0.4, 0.5) is 0 Å². The van der Waals surface area contributed by atoms with Gasteiger partial charge in [0.25, 0.3) is 0 Å². The summed E-state index contributed by atoms with van der Waals surface area (Å²) in [5, 5.41) is 3.64. The molecule has 0 bridgehead atoms. The van der Waals surface area contributed by atoms with Gasteiger partial charge in [0, 0.05) is 18.8 Å². The highest BCUT2D eigenvalue weighted by Crippen LogP contribution is 2.28. The van der Waals surface area contributed by atoms with Crippen LogP contribution in [0.3, 0.4) is 0 Å². The van der Waals surface area contributed by atoms with Crippen molar-refractivity contribution >= 4 is 9.84 Å². The average Bonchev–Trinajstić information content (AvgIpc) is 2.37. The van der Waals surface area contributed by atoms with Crippen molar-refractivity contribution in [3.05, 3.63) is 35.4 Å². The predicted molar refractivity (Wildman–Crippen MR) is 87.8 cm³/mol. The third-order valence-corrected chi connectivity index (χ3v) is 5.36. The van der Waals surface area contributed by atoms with Gasteiger partial charge in [-0.05, 0) is 42.2 Å². The van der Waals surface area contributed by atoms with Crippen molar-refractivity contribution in [2.75, 3.05) is 6.26 Å². The van der Waals surface area contributed by atoms with E-state index in [2.05, 4.69) is 19.2 Å². The van der Waals surface area contributed by atoms with Crippen LogP contribution in [0.25, 0.3) is 0 Å². The lowest BCUT2D eigenvalue weighted by Crippen LogP contribution is -2.38. The molecule has 2 rings (SSSR count). The molecule has 3 atom stereocenters. The Balaban J connectivity index is 2.00. The molecule has 1 aliphatic rings. The van der Waals surface area contributed by atoms with E-state index in [1.165, 1.54) is 25.5 Å². The SMILES string of the molecule is C[C@@H]1CC[C@H](NCc2ccccc2CS(C)(=O)=O)[C@@H](C)C1. The third-order valence-electron chi connectivity index (χ3n) is 4.52. The fourth-order valence-electron chi connectivity index (χ4n) is 3.36. The zero-order valence-corrected chi connectivity index (χ0v) is 14.1. The van der Waals surface area contributed by atoms with E-state index in [-0.39, 0.29) is 5.75 Å². The van der Waals surface area contributed by atoms with Gasteiger partial charge in [0.05, 0.1) is 5.75 Å². The first-order chi connectivity index (χ1) is 9.85. The number of hydrogen-bond donors (Lipinski definition) is 1. The van der Waals surface area contributed by atoms with Gasteiger partial charge in [0.2, 0.25) is 0 Å². The van der Waals surface area contributed by atoms with Gasteiger partial charge in [0.15, 0.2) is 9.84 Å². The molecule has 0 saturated heterocycles. The van der Waals surface area contributed by atoms with Gasteiger partial charge in [-0.15, -0.1) is 0 Å². The monoisotopic (exact) mass is 309 g/mol. The van der Waals surface area contributed by atoms with Crippen molar-refractivity contribution in [1.82, 2.24) is 5.32 Å². The first-order valence-corrected chi connectivity index (χ1v) is 9.89. The van der Waals surface area contributed by atoms with Crippen LogP contribution >= 0.6 is 0 Å². The number of hydrogen-bond acceptors (Lipinski definition) is 3. The van der Waals surface area contributed by atoms with Gasteiger partial charge in [-0.3, -0.25) is 0 Å². The van der Waals surface area contributed by atoms with Crippen LogP contribution in [-0.4, -0.2) is 20.7 Å². The standard InChI is InChI=1S/C17H27NO2S/c1-13-8-9-17(14(2)10-13)18-11-15-6-4-5-7-16(15)12-21(3,19)20/h4-7,13-14,17-18H,8-12H2,1-3H3/t13-,14+,17+/m1/s1. The molecule has 0 aliphatic heterocycles. The Labute approximate surface area is 129 Å². The topological polar surface area (TPSA) is 46.2 Å². The summed E-state index contributed by atoms with van der Waals surface area (Å²) in [6.07, 6.45) is 5.08. The average molecular weight is 309 g/mol. The number of benzene rings is 1. The fourth-order valence-corrected chi connectivity index (χ4v) is 4.21. The van der Waals surface area contributed by atoms with Gasteiger partial charge >= 0.3 is 0 Å². The number of sulfone groups is 1. The molecule has 0 aromatic heterocycles. The quantitative estimate of drug-likeness (QED) is 0.909. The van der Waals surface area contributed by atoms with Crippen molar-refractivity contribution in [2.24, 2.45) is 11.8 Å². The Bertz CT molecular complexity index is 568. The highest BCUT2D eigenvalue weighted by Gasteiger charge is 2.24. The molecule has 118 valence electrons. The molecule has 4 heteroatoms. The predicted octanol–water partition coefficient (Wildman–Crippen LogP) is 3.15. The lowest BCUT2D eigenvalue weighted by atomic mass is 9.80. The summed E-state index contributed by atoms with van der Waals surface area (Å²) in [4.78, 5) is 0. The summed E-state index contributed by atoms with van der Waals surface area (Å²) < 4.78 is 23.1. The summed E-state index contributed by atoms with van der Waals surface area (Å²) in [7, 11) is -2.99. The Kier molecular flexibility index (Phi) is 5.44. The van der Waals surface area contributed by atoms with Gasteiger partial charge in [-0.2, -0.15) is 0 Å². The molecular formula is C17H27NO2S. The summed E-state index contributed by atoms with van der Waals surface area (Å²) in [5.41, 5.74) is 2.03. The highest BCUT2D eigenvalue weighted by molar-refractivity contribution is 7.89. The van der Waals surface area contributed by atoms with Crippen LogP contribution in [-0.2, 0) is 22.1 Å². The van der Waals surface area contributed by atoms with Crippen LogP contribution < -0.4 is 5.32 Å². The molecule has 0 unspecified atom stereocenters. The molecule has 0 amide bonds. The van der Waals surface area contributed by atoms with Gasteiger partial charge in [-0.1, -0.05) is 38.1 Å². The van der Waals surface area contributed by atoms with E-state index in [4.69, 9.17) is 0 Å². The molecular weight excluding hydrogens is 282 g/mol. The first kappa shape index (κ1) is 16.5. The van der Waals surface area contributed by atoms with E-state index >= 15 is 0 Å². The minimum Gasteiger partial charge on any atom is -0.310 e. The lowest BCUT2D eigenvalue weighted by molar-refractivity contribution is 0.227. The van der Waals surface area contributed by atoms with E-state index in [0.29, 0.717) is 12.0 Å². The Hall–Kier alpha value is -0.870. The van der Waals surface area contributed by atoms with Crippen LogP contribution in [0.15, 0.2) is 24.3 Å². The number of nitrogens with one attached hydrogen (secondary N) is 1. The molecule has 1 aromatic rings. The summed E-state index contributed by atoms with van der Waals surface area (Å²) in [6.45, 7) is 5.40. The normalized spacial score (nSPS) is 26.7. The molecule has 0 spiro atoms. The van der Waals surface area contributed by atoms with E-state index in [9.17, 15) is 8.42 Å². The lowest BCUT2D eigenvalue weighted by Gasteiger charge is -2.33. The van der Waals surface area contributed by atoms with Crippen LogP contribution in [0.5, 0.6) is 0 Å². The second kappa shape index (κ2) is 6.93. The van der Waals surface area contributed by atoms with Crippen LogP contribution in [0.2, 0.25) is 0 Å². The van der Waals surface area contributed by atoms with Gasteiger partial charge < -0.3 is 5.32 Å². The highest BCUT2D eigenvalue weighted by atomic mass is 32.2. The van der Waals surface area contributed by atoms with Crippen molar-refractivity contribution in [3.8, 4) is 0 Å². The van der Waals surface area contributed by atoms with Gasteiger partial charge in [-0.25, -0.2) is 8.42 Å². The zero-order chi connectivity index (χ0) is 15.5. The molecule has 3 nitrogen and oxygen atoms in total. The van der Waals surface area contributed by atoms with Crippen LogP contribution in [0.1, 0.15) is 44.2 Å². The van der Waals surface area contributed by atoms with E-state index in [0.717, 1.165) is 23.6 Å². The van der Waals surface area contributed by atoms with Crippen molar-refractivity contribution in [1.29, 1.82) is 0 Å². The second-order valence-corrected chi connectivity index (χ2v) is 8.86. The Morgan fingerprint density at radius 1 is 1.14 bits per heavy atom. The Morgan fingerprint density at radius 2 is 1.81 bits per heavy atom. The van der Waals surface area contributed by atoms with Gasteiger partial charge in [0.1, 0.15) is 0 Å². The van der Waals surface area contributed by atoms with Crippen LogP contribution in [0, 0.1) is 11.8 Å². The molecule has 21 heavy (non-hydrogen) atoms. The Morgan fingerprint density at radius 3 is 2.43 bits per heavy atom. The summed E-state index contributed by atoms with van der Waals surface area (Å²) >= 11 is 0. The molecule has 1 saturated carbocycles. The summed E-state index contributed by atoms with van der Waals surface area (Å²) in [5.74, 6) is 1.65. The van der Waals surface area contributed by atoms with E-state index < -0.39 is 9.84 Å². The van der Waals surface area contributed by atoms with E-state index in [1.807, 2.05) is 24.3 Å². The smallest absolute Gasteiger partial charge is 0.151 e.